The summed E-state index contributed by atoms with van der Waals surface area (Å²) in [5, 5.41) is 4.10. The Balaban J connectivity index is 2.23. The molecule has 0 saturated carbocycles. The second-order valence-corrected chi connectivity index (χ2v) is 6.73. The molecule has 1 heterocycles. The number of nitrogens with one attached hydrogen (secondary N) is 1. The smallest absolute Gasteiger partial charge is 0.148 e. The Morgan fingerprint density at radius 1 is 1.57 bits per heavy atom. The van der Waals surface area contributed by atoms with E-state index in [0.717, 1.165) is 9.88 Å². The highest BCUT2D eigenvalue weighted by atomic mass is 32.2. The third-order valence-electron chi connectivity index (χ3n) is 1.62. The van der Waals surface area contributed by atoms with Gasteiger partial charge in [-0.15, -0.1) is 11.3 Å². The Labute approximate surface area is 88.3 Å². The molecule has 4 nitrogen and oxygen atoms in total. The molecule has 0 fully saturated rings. The minimum absolute atomic E-state index is 0.185. The van der Waals surface area contributed by atoms with Gasteiger partial charge < -0.3 is 5.32 Å². The number of hydrogen-bond donors (Lipinski definition) is 1. The topological polar surface area (TPSA) is 59.1 Å². The predicted molar refractivity (Wildman–Crippen MR) is 58.3 cm³/mol. The molecule has 0 amide bonds. The summed E-state index contributed by atoms with van der Waals surface area (Å²) in [6.07, 6.45) is 3.05. The number of nitrogens with zero attached hydrogens (tertiary/aromatic N) is 1. The van der Waals surface area contributed by atoms with E-state index in [4.69, 9.17) is 0 Å². The van der Waals surface area contributed by atoms with Crippen LogP contribution in [0.25, 0.3) is 0 Å². The first-order chi connectivity index (χ1) is 6.47. The van der Waals surface area contributed by atoms with Crippen LogP contribution in [0.15, 0.2) is 6.20 Å². The normalized spacial score (nSPS) is 11.9. The van der Waals surface area contributed by atoms with Crippen molar-refractivity contribution in [3.63, 3.8) is 0 Å². The summed E-state index contributed by atoms with van der Waals surface area (Å²) in [7, 11) is -2.85. The monoisotopic (exact) mass is 234 g/mol. The van der Waals surface area contributed by atoms with Crippen molar-refractivity contribution >= 4 is 21.2 Å². The molecule has 0 radical (unpaired) electrons. The molecule has 0 saturated heterocycles. The molecule has 0 spiro atoms. The van der Waals surface area contributed by atoms with Gasteiger partial charge in [-0.3, -0.25) is 0 Å². The van der Waals surface area contributed by atoms with Gasteiger partial charge in [-0.25, -0.2) is 13.4 Å². The molecule has 0 unspecified atom stereocenters. The molecule has 1 aromatic rings. The van der Waals surface area contributed by atoms with Gasteiger partial charge in [-0.05, 0) is 6.92 Å². The lowest BCUT2D eigenvalue weighted by molar-refractivity contribution is 0.596. The summed E-state index contributed by atoms with van der Waals surface area (Å²) in [4.78, 5) is 5.24. The maximum Gasteiger partial charge on any atom is 0.148 e. The predicted octanol–water partition coefficient (Wildman–Crippen LogP) is 0.586. The van der Waals surface area contributed by atoms with E-state index in [9.17, 15) is 8.42 Å². The fraction of sp³-hybridized carbons (Fsp3) is 0.625. The summed E-state index contributed by atoms with van der Waals surface area (Å²) in [5.74, 6) is 0.185. The Bertz CT molecular complexity index is 384. The minimum Gasteiger partial charge on any atom is -0.311 e. The van der Waals surface area contributed by atoms with Crippen molar-refractivity contribution in [2.75, 3.05) is 18.6 Å². The van der Waals surface area contributed by atoms with Gasteiger partial charge in [0.2, 0.25) is 0 Å². The minimum atomic E-state index is -2.85. The average Bonchev–Trinajstić information content (AvgIpc) is 2.44. The molecule has 1 N–H and O–H groups in total. The maximum absolute atomic E-state index is 10.8. The van der Waals surface area contributed by atoms with Gasteiger partial charge in [-0.1, -0.05) is 0 Å². The van der Waals surface area contributed by atoms with Crippen molar-refractivity contribution in [2.24, 2.45) is 0 Å². The highest BCUT2D eigenvalue weighted by molar-refractivity contribution is 7.90. The fourth-order valence-electron chi connectivity index (χ4n) is 0.956. The average molecular weight is 234 g/mol. The molecular weight excluding hydrogens is 220 g/mol. The van der Waals surface area contributed by atoms with Crippen molar-refractivity contribution in [3.05, 3.63) is 16.1 Å². The van der Waals surface area contributed by atoms with Crippen LogP contribution in [0, 0.1) is 6.92 Å². The lowest BCUT2D eigenvalue weighted by Crippen LogP contribution is -2.21. The molecule has 1 aromatic heterocycles. The van der Waals surface area contributed by atoms with Crippen LogP contribution in [0.2, 0.25) is 0 Å². The molecule has 1 rings (SSSR count). The Morgan fingerprint density at radius 2 is 2.29 bits per heavy atom. The molecule has 80 valence electrons. The summed E-state index contributed by atoms with van der Waals surface area (Å²) in [6, 6.07) is 0. The van der Waals surface area contributed by atoms with Crippen LogP contribution in [-0.2, 0) is 16.4 Å². The van der Waals surface area contributed by atoms with Crippen molar-refractivity contribution in [3.8, 4) is 0 Å². The van der Waals surface area contributed by atoms with E-state index in [2.05, 4.69) is 10.3 Å². The Kier molecular flexibility index (Phi) is 4.03. The van der Waals surface area contributed by atoms with Crippen LogP contribution in [0.5, 0.6) is 0 Å². The van der Waals surface area contributed by atoms with Crippen LogP contribution in [-0.4, -0.2) is 32.0 Å². The number of aromatic nitrogens is 1. The summed E-state index contributed by atoms with van der Waals surface area (Å²) in [6.45, 7) is 3.14. The molecule has 0 atom stereocenters. The summed E-state index contributed by atoms with van der Waals surface area (Å²) >= 11 is 1.62. The quantitative estimate of drug-likeness (QED) is 0.757. The van der Waals surface area contributed by atoms with Crippen LogP contribution in [0.1, 0.15) is 9.88 Å². The van der Waals surface area contributed by atoms with E-state index in [1.54, 1.807) is 11.3 Å². The van der Waals surface area contributed by atoms with E-state index in [-0.39, 0.29) is 5.75 Å². The van der Waals surface area contributed by atoms with Crippen molar-refractivity contribution in [1.29, 1.82) is 0 Å². The number of hydrogen-bond acceptors (Lipinski definition) is 5. The van der Waals surface area contributed by atoms with Gasteiger partial charge in [0.25, 0.3) is 0 Å². The zero-order valence-corrected chi connectivity index (χ0v) is 9.91. The Morgan fingerprint density at radius 3 is 2.79 bits per heavy atom. The standard InChI is InChI=1S/C8H14N2O2S2/c1-7-10-6-8(13-7)5-9-3-4-14(2,11)12/h6,9H,3-5H2,1-2H3. The number of thiazole rings is 1. The van der Waals surface area contributed by atoms with Gasteiger partial charge in [0, 0.05) is 30.4 Å². The molecule has 0 aromatic carbocycles. The van der Waals surface area contributed by atoms with Crippen molar-refractivity contribution in [2.45, 2.75) is 13.5 Å². The third-order valence-corrected chi connectivity index (χ3v) is 3.48. The van der Waals surface area contributed by atoms with Crippen LogP contribution >= 0.6 is 11.3 Å². The van der Waals surface area contributed by atoms with Crippen LogP contribution in [0.4, 0.5) is 0 Å². The largest absolute Gasteiger partial charge is 0.311 e. The zero-order chi connectivity index (χ0) is 10.6. The molecule has 0 aliphatic rings. The lowest BCUT2D eigenvalue weighted by atomic mass is 10.5. The van der Waals surface area contributed by atoms with E-state index < -0.39 is 9.84 Å². The van der Waals surface area contributed by atoms with Gasteiger partial charge in [0.15, 0.2) is 0 Å². The number of aryl methyl sites for hydroxylation is 1. The SMILES string of the molecule is Cc1ncc(CNCCS(C)(=O)=O)s1. The molecular formula is C8H14N2O2S2. The molecule has 6 heteroatoms. The lowest BCUT2D eigenvalue weighted by Gasteiger charge is -2.00. The van der Waals surface area contributed by atoms with Gasteiger partial charge in [-0.2, -0.15) is 0 Å². The first kappa shape index (κ1) is 11.6. The highest BCUT2D eigenvalue weighted by Crippen LogP contribution is 2.10. The maximum atomic E-state index is 10.8. The van der Waals surface area contributed by atoms with Gasteiger partial charge in [0.1, 0.15) is 9.84 Å². The van der Waals surface area contributed by atoms with E-state index >= 15 is 0 Å². The van der Waals surface area contributed by atoms with E-state index in [0.29, 0.717) is 13.1 Å². The number of sulfone groups is 1. The molecule has 14 heavy (non-hydrogen) atoms. The van der Waals surface area contributed by atoms with Crippen LogP contribution in [0.3, 0.4) is 0 Å². The highest BCUT2D eigenvalue weighted by Gasteiger charge is 2.01. The second-order valence-electron chi connectivity index (χ2n) is 3.15. The van der Waals surface area contributed by atoms with Crippen LogP contribution < -0.4 is 5.32 Å². The molecule has 0 bridgehead atoms. The van der Waals surface area contributed by atoms with Gasteiger partial charge in [0.05, 0.1) is 10.8 Å². The summed E-state index contributed by atoms with van der Waals surface area (Å²) < 4.78 is 21.6. The third kappa shape index (κ3) is 4.69. The Hall–Kier alpha value is -0.460. The van der Waals surface area contributed by atoms with Gasteiger partial charge >= 0.3 is 0 Å². The first-order valence-corrected chi connectivity index (χ1v) is 7.15. The van der Waals surface area contributed by atoms with E-state index in [1.165, 1.54) is 6.26 Å². The number of rotatable bonds is 5. The van der Waals surface area contributed by atoms with Crippen molar-refractivity contribution < 1.29 is 8.42 Å². The summed E-state index contributed by atoms with van der Waals surface area (Å²) in [5.41, 5.74) is 0. The molecule has 0 aliphatic carbocycles. The van der Waals surface area contributed by atoms with E-state index in [1.807, 2.05) is 13.1 Å². The second kappa shape index (κ2) is 4.86. The molecule has 0 aliphatic heterocycles. The van der Waals surface area contributed by atoms with Crippen molar-refractivity contribution in [1.82, 2.24) is 10.3 Å². The first-order valence-electron chi connectivity index (χ1n) is 4.27. The zero-order valence-electron chi connectivity index (χ0n) is 8.28. The fourth-order valence-corrected chi connectivity index (χ4v) is 2.24.